The summed E-state index contributed by atoms with van der Waals surface area (Å²) in [6, 6.07) is 5.21. The predicted octanol–water partition coefficient (Wildman–Crippen LogP) is 1.56. The molecule has 0 fully saturated rings. The fourth-order valence-corrected chi connectivity index (χ4v) is 3.68. The van der Waals surface area contributed by atoms with Gasteiger partial charge in [-0.25, -0.2) is 8.42 Å². The molecule has 3 aromatic rings. The van der Waals surface area contributed by atoms with Crippen LogP contribution in [0.15, 0.2) is 34.1 Å². The molecule has 0 radical (unpaired) electrons. The molecule has 0 aliphatic rings. The first kappa shape index (κ1) is 13.7. The van der Waals surface area contributed by atoms with E-state index in [2.05, 4.69) is 15.4 Å². The number of sulfone groups is 1. The quantitative estimate of drug-likeness (QED) is 0.726. The Labute approximate surface area is 121 Å². The second kappa shape index (κ2) is 4.96. The number of pyridine rings is 1. The fourth-order valence-electron chi connectivity index (χ4n) is 2.18. The van der Waals surface area contributed by atoms with Crippen LogP contribution in [0.4, 0.5) is 0 Å². The first-order chi connectivity index (χ1) is 10.0. The Kier molecular flexibility index (Phi) is 3.25. The highest BCUT2D eigenvalue weighted by Crippen LogP contribution is 2.21. The average Bonchev–Trinajstić information content (AvgIpc) is 3.04. The van der Waals surface area contributed by atoms with Gasteiger partial charge in [0.1, 0.15) is 5.76 Å². The highest BCUT2D eigenvalue weighted by molar-refractivity contribution is 7.90. The summed E-state index contributed by atoms with van der Waals surface area (Å²) >= 11 is 0. The Hall–Kier alpha value is -2.22. The number of rotatable bonds is 4. The molecule has 110 valence electrons. The molecule has 3 aromatic heterocycles. The second-order valence-electron chi connectivity index (χ2n) is 4.69. The van der Waals surface area contributed by atoms with Crippen molar-refractivity contribution in [2.24, 2.45) is 0 Å². The molecule has 0 amide bonds. The minimum Gasteiger partial charge on any atom is -0.361 e. The third-order valence-electron chi connectivity index (χ3n) is 3.28. The molecule has 3 heterocycles. The molecule has 0 atom stereocenters. The minimum absolute atomic E-state index is 0.0687. The van der Waals surface area contributed by atoms with Gasteiger partial charge in [-0.3, -0.25) is 4.40 Å². The first-order valence-corrected chi connectivity index (χ1v) is 8.14. The third kappa shape index (κ3) is 2.31. The second-order valence-corrected chi connectivity index (χ2v) is 6.58. The van der Waals surface area contributed by atoms with Crippen LogP contribution < -0.4 is 0 Å². The number of hydrogen-bond donors (Lipinski definition) is 0. The Morgan fingerprint density at radius 3 is 2.86 bits per heavy atom. The standard InChI is InChI=1S/C13H14N4O3S/c1-3-11-10(9(2)16-20-11)8-21(18,19)13-15-14-12-6-4-5-7-17(12)13/h4-7H,3,8H2,1-2H3. The lowest BCUT2D eigenvalue weighted by molar-refractivity contribution is 0.382. The smallest absolute Gasteiger partial charge is 0.254 e. The molecule has 3 rings (SSSR count). The van der Waals surface area contributed by atoms with Gasteiger partial charge in [0, 0.05) is 18.2 Å². The van der Waals surface area contributed by atoms with E-state index in [0.717, 1.165) is 0 Å². The topological polar surface area (TPSA) is 90.4 Å². The van der Waals surface area contributed by atoms with Crippen molar-refractivity contribution in [2.45, 2.75) is 31.2 Å². The van der Waals surface area contributed by atoms with Crippen molar-refractivity contribution in [3.63, 3.8) is 0 Å². The molecule has 0 saturated heterocycles. The van der Waals surface area contributed by atoms with Crippen LogP contribution in [0.3, 0.4) is 0 Å². The predicted molar refractivity (Wildman–Crippen MR) is 74.5 cm³/mol. The summed E-state index contributed by atoms with van der Waals surface area (Å²) in [5.41, 5.74) is 1.68. The van der Waals surface area contributed by atoms with Gasteiger partial charge in [0.25, 0.3) is 5.16 Å². The first-order valence-electron chi connectivity index (χ1n) is 6.49. The van der Waals surface area contributed by atoms with Crippen LogP contribution in [0.1, 0.15) is 23.9 Å². The van der Waals surface area contributed by atoms with Gasteiger partial charge in [-0.15, -0.1) is 10.2 Å². The van der Waals surface area contributed by atoms with Crippen LogP contribution in [-0.2, 0) is 22.0 Å². The molecular formula is C13H14N4O3S. The van der Waals surface area contributed by atoms with E-state index in [1.54, 1.807) is 31.3 Å². The molecule has 0 spiro atoms. The maximum atomic E-state index is 12.6. The van der Waals surface area contributed by atoms with Crippen molar-refractivity contribution in [3.05, 3.63) is 41.4 Å². The lowest BCUT2D eigenvalue weighted by Crippen LogP contribution is -2.10. The molecule has 0 saturated carbocycles. The molecule has 0 aliphatic heterocycles. The van der Waals surface area contributed by atoms with Gasteiger partial charge in [-0.05, 0) is 19.1 Å². The van der Waals surface area contributed by atoms with Gasteiger partial charge >= 0.3 is 0 Å². The Morgan fingerprint density at radius 2 is 2.10 bits per heavy atom. The lowest BCUT2D eigenvalue weighted by atomic mass is 10.2. The summed E-state index contributed by atoms with van der Waals surface area (Å²) in [5.74, 6) is 0.395. The number of nitrogens with zero attached hydrogens (tertiary/aromatic N) is 4. The van der Waals surface area contributed by atoms with Crippen LogP contribution in [0, 0.1) is 6.92 Å². The van der Waals surface area contributed by atoms with Gasteiger partial charge < -0.3 is 4.52 Å². The summed E-state index contributed by atoms with van der Waals surface area (Å²) in [6.07, 6.45) is 2.22. The van der Waals surface area contributed by atoms with Gasteiger partial charge in [-0.1, -0.05) is 18.1 Å². The maximum Gasteiger partial charge on any atom is 0.254 e. The summed E-state index contributed by atoms with van der Waals surface area (Å²) in [7, 11) is -3.63. The molecule has 0 aliphatic carbocycles. The van der Waals surface area contributed by atoms with Crippen molar-refractivity contribution in [2.75, 3.05) is 0 Å². The molecule has 0 N–H and O–H groups in total. The highest BCUT2D eigenvalue weighted by atomic mass is 32.2. The monoisotopic (exact) mass is 306 g/mol. The third-order valence-corrected chi connectivity index (χ3v) is 4.79. The molecule has 0 bridgehead atoms. The number of fused-ring (bicyclic) bond motifs is 1. The Balaban J connectivity index is 2.07. The molecule has 7 nitrogen and oxygen atoms in total. The van der Waals surface area contributed by atoms with E-state index in [0.29, 0.717) is 29.1 Å². The zero-order valence-corrected chi connectivity index (χ0v) is 12.5. The normalized spacial score (nSPS) is 12.1. The van der Waals surface area contributed by atoms with Gasteiger partial charge in [0.05, 0.1) is 11.4 Å². The molecule has 0 aromatic carbocycles. The lowest BCUT2D eigenvalue weighted by Gasteiger charge is -2.03. The van der Waals surface area contributed by atoms with Gasteiger partial charge in [0.15, 0.2) is 5.65 Å². The van der Waals surface area contributed by atoms with Gasteiger partial charge in [-0.2, -0.15) is 0 Å². The van der Waals surface area contributed by atoms with E-state index < -0.39 is 9.84 Å². The van der Waals surface area contributed by atoms with Crippen molar-refractivity contribution < 1.29 is 12.9 Å². The van der Waals surface area contributed by atoms with Crippen molar-refractivity contribution in [3.8, 4) is 0 Å². The van der Waals surface area contributed by atoms with Crippen LogP contribution >= 0.6 is 0 Å². The zero-order chi connectivity index (χ0) is 15.0. The van der Waals surface area contributed by atoms with E-state index >= 15 is 0 Å². The van der Waals surface area contributed by atoms with Crippen molar-refractivity contribution >= 4 is 15.5 Å². The highest BCUT2D eigenvalue weighted by Gasteiger charge is 2.26. The summed E-state index contributed by atoms with van der Waals surface area (Å²) in [4.78, 5) is 0. The van der Waals surface area contributed by atoms with Crippen molar-refractivity contribution in [1.29, 1.82) is 0 Å². The van der Waals surface area contributed by atoms with Crippen LogP contribution in [0.2, 0.25) is 0 Å². The van der Waals surface area contributed by atoms with E-state index in [1.165, 1.54) is 4.40 Å². The summed E-state index contributed by atoms with van der Waals surface area (Å²) in [6.45, 7) is 3.62. The average molecular weight is 306 g/mol. The largest absolute Gasteiger partial charge is 0.361 e. The van der Waals surface area contributed by atoms with E-state index in [1.807, 2.05) is 6.92 Å². The van der Waals surface area contributed by atoms with E-state index in [4.69, 9.17) is 4.52 Å². The zero-order valence-electron chi connectivity index (χ0n) is 11.6. The Morgan fingerprint density at radius 1 is 1.29 bits per heavy atom. The van der Waals surface area contributed by atoms with E-state index in [9.17, 15) is 8.42 Å². The molecule has 21 heavy (non-hydrogen) atoms. The molecule has 0 unspecified atom stereocenters. The summed E-state index contributed by atoms with van der Waals surface area (Å²) in [5, 5.41) is 11.4. The Bertz CT molecular complexity index is 895. The number of aryl methyl sites for hydroxylation is 2. The number of hydrogen-bond acceptors (Lipinski definition) is 6. The van der Waals surface area contributed by atoms with Crippen LogP contribution in [-0.4, -0.2) is 28.2 Å². The fraction of sp³-hybridized carbons (Fsp3) is 0.308. The van der Waals surface area contributed by atoms with E-state index in [-0.39, 0.29) is 10.9 Å². The number of aromatic nitrogens is 4. The molecular weight excluding hydrogens is 292 g/mol. The minimum atomic E-state index is -3.63. The van der Waals surface area contributed by atoms with Gasteiger partial charge in [0.2, 0.25) is 9.84 Å². The SMILES string of the molecule is CCc1onc(C)c1CS(=O)(=O)c1nnc2ccccn12. The maximum absolute atomic E-state index is 12.6. The summed E-state index contributed by atoms with van der Waals surface area (Å²) < 4.78 is 31.8. The van der Waals surface area contributed by atoms with Crippen molar-refractivity contribution in [1.82, 2.24) is 19.8 Å². The molecule has 8 heteroatoms. The van der Waals surface area contributed by atoms with Crippen LogP contribution in [0.5, 0.6) is 0 Å². The van der Waals surface area contributed by atoms with Crippen LogP contribution in [0.25, 0.3) is 5.65 Å².